The van der Waals surface area contributed by atoms with Gasteiger partial charge in [-0.15, -0.1) is 0 Å². The van der Waals surface area contributed by atoms with Gasteiger partial charge in [0.2, 0.25) is 15.9 Å². The van der Waals surface area contributed by atoms with Gasteiger partial charge in [-0.1, -0.05) is 18.2 Å². The number of benzene rings is 2. The van der Waals surface area contributed by atoms with Crippen molar-refractivity contribution in [1.82, 2.24) is 9.29 Å². The number of pyridine rings is 1. The number of carbonyl (C=O) groups excluding carboxylic acids is 1. The number of anilines is 1. The maximum atomic E-state index is 13.3. The van der Waals surface area contributed by atoms with Gasteiger partial charge in [0, 0.05) is 18.0 Å². The van der Waals surface area contributed by atoms with Crippen LogP contribution in [0.5, 0.6) is 11.5 Å². The van der Waals surface area contributed by atoms with Crippen molar-refractivity contribution < 1.29 is 22.7 Å². The van der Waals surface area contributed by atoms with Gasteiger partial charge >= 0.3 is 0 Å². The second kappa shape index (κ2) is 7.82. The van der Waals surface area contributed by atoms with E-state index < -0.39 is 16.1 Å². The van der Waals surface area contributed by atoms with Gasteiger partial charge in [-0.25, -0.2) is 13.4 Å². The van der Waals surface area contributed by atoms with E-state index in [9.17, 15) is 13.2 Å². The molecule has 1 atom stereocenters. The first kappa shape index (κ1) is 19.8. The van der Waals surface area contributed by atoms with Crippen molar-refractivity contribution in [2.45, 2.75) is 23.8 Å². The molecule has 1 aromatic heterocycles. The van der Waals surface area contributed by atoms with Crippen LogP contribution in [0, 0.1) is 0 Å². The molecule has 1 fully saturated rings. The fourth-order valence-electron chi connectivity index (χ4n) is 3.95. The molecular formula is C22H21N3O5S. The molecule has 160 valence electrons. The highest BCUT2D eigenvalue weighted by Gasteiger charge is 2.40. The van der Waals surface area contributed by atoms with Crippen molar-refractivity contribution >= 4 is 32.7 Å². The number of nitrogens with one attached hydrogen (secondary N) is 1. The minimum absolute atomic E-state index is 0.0836. The zero-order valence-corrected chi connectivity index (χ0v) is 17.5. The second-order valence-corrected chi connectivity index (χ2v) is 9.35. The van der Waals surface area contributed by atoms with Crippen molar-refractivity contribution in [3.8, 4) is 11.5 Å². The van der Waals surface area contributed by atoms with Crippen molar-refractivity contribution in [3.05, 3.63) is 54.6 Å². The molecular weight excluding hydrogens is 418 g/mol. The number of hydrogen-bond donors (Lipinski definition) is 1. The Morgan fingerprint density at radius 3 is 2.71 bits per heavy atom. The average Bonchev–Trinajstić information content (AvgIpc) is 3.30. The molecule has 9 heteroatoms. The smallest absolute Gasteiger partial charge is 0.243 e. The third-order valence-electron chi connectivity index (χ3n) is 5.48. The summed E-state index contributed by atoms with van der Waals surface area (Å²) in [5.41, 5.74) is 0.757. The van der Waals surface area contributed by atoms with Gasteiger partial charge in [0.25, 0.3) is 0 Å². The molecule has 0 bridgehead atoms. The first-order valence-electron chi connectivity index (χ1n) is 10.1. The van der Waals surface area contributed by atoms with Crippen LogP contribution in [0.4, 0.5) is 5.82 Å². The van der Waals surface area contributed by atoms with Crippen LogP contribution in [0.15, 0.2) is 59.5 Å². The average molecular weight is 439 g/mol. The van der Waals surface area contributed by atoms with Crippen molar-refractivity contribution in [1.29, 1.82) is 0 Å². The number of aromatic nitrogens is 1. The van der Waals surface area contributed by atoms with Gasteiger partial charge in [0.15, 0.2) is 11.5 Å². The van der Waals surface area contributed by atoms with E-state index in [0.717, 1.165) is 10.9 Å². The van der Waals surface area contributed by atoms with Gasteiger partial charge < -0.3 is 14.8 Å². The van der Waals surface area contributed by atoms with E-state index in [0.29, 0.717) is 43.4 Å². The molecule has 2 aliphatic heterocycles. The number of nitrogens with zero attached hydrogens (tertiary/aromatic N) is 2. The van der Waals surface area contributed by atoms with Gasteiger partial charge in [-0.2, -0.15) is 4.31 Å². The lowest BCUT2D eigenvalue weighted by Gasteiger charge is -2.24. The third kappa shape index (κ3) is 3.70. The molecule has 3 heterocycles. The minimum atomic E-state index is -3.88. The van der Waals surface area contributed by atoms with E-state index in [1.807, 2.05) is 30.3 Å². The summed E-state index contributed by atoms with van der Waals surface area (Å²) < 4.78 is 38.8. The molecule has 1 amide bonds. The van der Waals surface area contributed by atoms with Crippen LogP contribution >= 0.6 is 0 Å². The fraction of sp³-hybridized carbons (Fsp3) is 0.273. The predicted octanol–water partition coefficient (Wildman–Crippen LogP) is 2.80. The predicted molar refractivity (Wildman–Crippen MR) is 115 cm³/mol. The first-order valence-corrected chi connectivity index (χ1v) is 11.5. The lowest BCUT2D eigenvalue weighted by Crippen LogP contribution is -2.43. The highest BCUT2D eigenvalue weighted by atomic mass is 32.2. The van der Waals surface area contributed by atoms with Gasteiger partial charge in [-0.3, -0.25) is 4.79 Å². The van der Waals surface area contributed by atoms with Crippen LogP contribution in [-0.4, -0.2) is 49.4 Å². The summed E-state index contributed by atoms with van der Waals surface area (Å²) >= 11 is 0. The molecule has 1 N–H and O–H groups in total. The Morgan fingerprint density at radius 2 is 1.84 bits per heavy atom. The molecule has 2 aliphatic rings. The molecule has 0 spiro atoms. The van der Waals surface area contributed by atoms with E-state index in [1.54, 1.807) is 12.1 Å². The lowest BCUT2D eigenvalue weighted by atomic mass is 10.2. The summed E-state index contributed by atoms with van der Waals surface area (Å²) in [5, 5.41) is 3.74. The maximum Gasteiger partial charge on any atom is 0.243 e. The van der Waals surface area contributed by atoms with Crippen molar-refractivity contribution in [3.63, 3.8) is 0 Å². The molecule has 0 saturated carbocycles. The number of sulfonamides is 1. The van der Waals surface area contributed by atoms with Crippen LogP contribution in [0.25, 0.3) is 10.9 Å². The van der Waals surface area contributed by atoms with Crippen LogP contribution in [0.1, 0.15) is 12.8 Å². The SMILES string of the molecule is O=C(Nc1ccc2ccccc2n1)[C@H]1CCCN1S(=O)(=O)c1ccc2c(c1)OCCO2. The Kier molecular flexibility index (Phi) is 4.99. The normalized spacial score (nSPS) is 18.8. The second-order valence-electron chi connectivity index (χ2n) is 7.46. The Bertz CT molecular complexity index is 1260. The molecule has 1 saturated heterocycles. The molecule has 0 radical (unpaired) electrons. The Labute approximate surface area is 179 Å². The summed E-state index contributed by atoms with van der Waals surface area (Å²) in [6.45, 7) is 1.07. The van der Waals surface area contributed by atoms with Crippen LogP contribution in [0.3, 0.4) is 0 Å². The Hall–Kier alpha value is -3.17. The van der Waals surface area contributed by atoms with Crippen molar-refractivity contribution in [2.24, 2.45) is 0 Å². The Balaban J connectivity index is 1.38. The first-order chi connectivity index (χ1) is 15.0. The molecule has 3 aromatic rings. The zero-order valence-electron chi connectivity index (χ0n) is 16.7. The maximum absolute atomic E-state index is 13.3. The molecule has 0 unspecified atom stereocenters. The summed E-state index contributed by atoms with van der Waals surface area (Å²) in [6.07, 6.45) is 1.05. The summed E-state index contributed by atoms with van der Waals surface area (Å²) in [4.78, 5) is 17.5. The van der Waals surface area contributed by atoms with E-state index in [4.69, 9.17) is 9.47 Å². The third-order valence-corrected chi connectivity index (χ3v) is 7.38. The van der Waals surface area contributed by atoms with Crippen LogP contribution in [-0.2, 0) is 14.8 Å². The molecule has 8 nitrogen and oxygen atoms in total. The zero-order chi connectivity index (χ0) is 21.4. The highest BCUT2D eigenvalue weighted by molar-refractivity contribution is 7.89. The van der Waals surface area contributed by atoms with E-state index in [-0.39, 0.29) is 17.3 Å². The topological polar surface area (TPSA) is 97.8 Å². The summed E-state index contributed by atoms with van der Waals surface area (Å²) in [6, 6.07) is 14.9. The van der Waals surface area contributed by atoms with Gasteiger partial charge in [0.1, 0.15) is 25.1 Å². The number of amides is 1. The molecule has 31 heavy (non-hydrogen) atoms. The lowest BCUT2D eigenvalue weighted by molar-refractivity contribution is -0.119. The molecule has 0 aliphatic carbocycles. The molecule has 2 aromatic carbocycles. The fourth-order valence-corrected chi connectivity index (χ4v) is 5.63. The van der Waals surface area contributed by atoms with E-state index in [2.05, 4.69) is 10.3 Å². The van der Waals surface area contributed by atoms with Crippen molar-refractivity contribution in [2.75, 3.05) is 25.1 Å². The monoisotopic (exact) mass is 439 g/mol. The number of fused-ring (bicyclic) bond motifs is 2. The van der Waals surface area contributed by atoms with Crippen LogP contribution in [0.2, 0.25) is 0 Å². The summed E-state index contributed by atoms with van der Waals surface area (Å²) in [5.74, 6) is 0.921. The standard InChI is InChI=1S/C22H21N3O5S/c26-22(24-21-10-7-15-4-1-2-5-17(15)23-21)18-6-3-11-25(18)31(27,28)16-8-9-19-20(14-16)30-13-12-29-19/h1-2,4-5,7-10,14,18H,3,6,11-13H2,(H,23,24,26)/t18-/m1/s1. The van der Waals surface area contributed by atoms with Gasteiger partial charge in [0.05, 0.1) is 10.4 Å². The Morgan fingerprint density at radius 1 is 1.03 bits per heavy atom. The van der Waals surface area contributed by atoms with E-state index in [1.165, 1.54) is 16.4 Å². The minimum Gasteiger partial charge on any atom is -0.486 e. The quantitative estimate of drug-likeness (QED) is 0.671. The number of hydrogen-bond acceptors (Lipinski definition) is 6. The summed E-state index contributed by atoms with van der Waals surface area (Å²) in [7, 11) is -3.88. The largest absolute Gasteiger partial charge is 0.486 e. The number of carbonyl (C=O) groups is 1. The van der Waals surface area contributed by atoms with Crippen LogP contribution < -0.4 is 14.8 Å². The van der Waals surface area contributed by atoms with E-state index >= 15 is 0 Å². The number of para-hydroxylation sites is 1. The van der Waals surface area contributed by atoms with Gasteiger partial charge in [-0.05, 0) is 43.2 Å². The number of rotatable bonds is 4. The molecule has 5 rings (SSSR count). The number of ether oxygens (including phenoxy) is 2. The highest BCUT2D eigenvalue weighted by Crippen LogP contribution is 2.35.